The molecule has 0 saturated carbocycles. The van der Waals surface area contributed by atoms with E-state index in [2.05, 4.69) is 4.98 Å². The number of fused-ring (bicyclic) bond motifs is 1. The lowest BCUT2D eigenvalue weighted by Gasteiger charge is -1.94. The molecule has 0 unspecified atom stereocenters. The molecule has 0 bridgehead atoms. The minimum atomic E-state index is -2.19. The van der Waals surface area contributed by atoms with Crippen molar-refractivity contribution in [3.8, 4) is 0 Å². The van der Waals surface area contributed by atoms with Crippen LogP contribution in [0.3, 0.4) is 0 Å². The maximum atomic E-state index is 10.6. The standard InChI is InChI=1S/C9H7NO2S.ClH/c11-13(12)9-6-5-7-3-1-2-4-8(7)10-9;/h1-6,10H;1H. The van der Waals surface area contributed by atoms with E-state index in [1.54, 1.807) is 12.1 Å². The molecule has 0 aliphatic rings. The summed E-state index contributed by atoms with van der Waals surface area (Å²) in [5.41, 5.74) is 0.823. The summed E-state index contributed by atoms with van der Waals surface area (Å²) in [6.45, 7) is 0. The Bertz CT molecular complexity index is 608. The molecule has 0 saturated heterocycles. The van der Waals surface area contributed by atoms with Crippen molar-refractivity contribution in [1.82, 2.24) is 4.98 Å². The fourth-order valence-corrected chi connectivity index (χ4v) is 1.57. The van der Waals surface area contributed by atoms with Crippen LogP contribution in [0.15, 0.2) is 36.4 Å². The van der Waals surface area contributed by atoms with Gasteiger partial charge in [-0.05, 0) is 23.6 Å². The van der Waals surface area contributed by atoms with E-state index in [1.807, 2.05) is 24.3 Å². The largest absolute Gasteiger partial charge is 0.342 e. The molecular weight excluding hydrogens is 222 g/mol. The number of hydrogen-bond acceptors (Lipinski definition) is 2. The Labute approximate surface area is 88.3 Å². The van der Waals surface area contributed by atoms with Gasteiger partial charge in [-0.15, -0.1) is 12.4 Å². The number of rotatable bonds is 0. The average molecular weight is 230 g/mol. The molecule has 0 radical (unpaired) electrons. The van der Waals surface area contributed by atoms with Crippen LogP contribution in [0.2, 0.25) is 0 Å². The quantitative estimate of drug-likeness (QED) is 0.703. The van der Waals surface area contributed by atoms with Gasteiger partial charge >= 0.3 is 0 Å². The molecule has 2 rings (SSSR count). The number of H-pyrrole nitrogens is 1. The van der Waals surface area contributed by atoms with Crippen LogP contribution >= 0.6 is 12.4 Å². The second kappa shape index (κ2) is 4.30. The lowest BCUT2D eigenvalue weighted by Crippen LogP contribution is -1.80. The van der Waals surface area contributed by atoms with E-state index >= 15 is 0 Å². The first-order chi connectivity index (χ1) is 6.27. The second-order valence-electron chi connectivity index (χ2n) is 2.64. The third kappa shape index (κ3) is 1.97. The Kier molecular flexibility index (Phi) is 3.33. The molecule has 3 nitrogen and oxygen atoms in total. The third-order valence-electron chi connectivity index (χ3n) is 1.81. The number of para-hydroxylation sites is 1. The number of aromatic amines is 1. The Morgan fingerprint density at radius 1 is 1.00 bits per heavy atom. The highest BCUT2D eigenvalue weighted by molar-refractivity contribution is 7.63. The van der Waals surface area contributed by atoms with Crippen molar-refractivity contribution in [2.24, 2.45) is 0 Å². The molecule has 1 N–H and O–H groups in total. The summed E-state index contributed by atoms with van der Waals surface area (Å²) < 4.78 is 21.4. The summed E-state index contributed by atoms with van der Waals surface area (Å²) >= 11 is 0. The topological polar surface area (TPSA) is 49.9 Å². The van der Waals surface area contributed by atoms with Gasteiger partial charge < -0.3 is 4.98 Å². The van der Waals surface area contributed by atoms with E-state index in [-0.39, 0.29) is 17.0 Å². The van der Waals surface area contributed by atoms with Crippen LogP contribution in [0.25, 0.3) is 10.9 Å². The Morgan fingerprint density at radius 2 is 1.71 bits per heavy atom. The highest BCUT2D eigenvalue weighted by atomic mass is 35.5. The molecule has 74 valence electrons. The Balaban J connectivity index is 0.000000980. The van der Waals surface area contributed by atoms with Crippen molar-refractivity contribution < 1.29 is 8.42 Å². The molecule has 0 aliphatic carbocycles. The molecule has 0 aliphatic heterocycles. The summed E-state index contributed by atoms with van der Waals surface area (Å²) in [4.78, 5) is 2.81. The minimum absolute atomic E-state index is 0. The zero-order valence-electron chi connectivity index (χ0n) is 7.10. The molecule has 0 amide bonds. The molecule has 0 atom stereocenters. The summed E-state index contributed by atoms with van der Waals surface area (Å²) in [6.07, 6.45) is 0. The summed E-state index contributed by atoms with van der Waals surface area (Å²) in [5.74, 6) is 0. The highest BCUT2D eigenvalue weighted by Gasteiger charge is 1.90. The second-order valence-corrected chi connectivity index (χ2v) is 3.55. The number of benzene rings is 1. The zero-order valence-corrected chi connectivity index (χ0v) is 8.73. The smallest absolute Gasteiger partial charge is 0.238 e. The van der Waals surface area contributed by atoms with Crippen molar-refractivity contribution in [2.45, 2.75) is 0 Å². The van der Waals surface area contributed by atoms with E-state index in [4.69, 9.17) is 0 Å². The minimum Gasteiger partial charge on any atom is -0.342 e. The average Bonchev–Trinajstić information content (AvgIpc) is 2.17. The van der Waals surface area contributed by atoms with Crippen molar-refractivity contribution in [2.75, 3.05) is 0 Å². The normalized spacial score (nSPS) is 9.43. The van der Waals surface area contributed by atoms with Crippen LogP contribution in [-0.2, 0) is 10.3 Å². The van der Waals surface area contributed by atoms with Gasteiger partial charge in [-0.3, -0.25) is 0 Å². The van der Waals surface area contributed by atoms with Crippen molar-refractivity contribution in [3.63, 3.8) is 0 Å². The van der Waals surface area contributed by atoms with E-state index < -0.39 is 10.3 Å². The van der Waals surface area contributed by atoms with Crippen LogP contribution in [0, 0.1) is 4.64 Å². The Morgan fingerprint density at radius 3 is 2.43 bits per heavy atom. The summed E-state index contributed by atoms with van der Waals surface area (Å²) in [7, 11) is -2.19. The molecule has 14 heavy (non-hydrogen) atoms. The summed E-state index contributed by atoms with van der Waals surface area (Å²) in [6, 6.07) is 10.8. The van der Waals surface area contributed by atoms with Crippen LogP contribution in [-0.4, -0.2) is 13.4 Å². The van der Waals surface area contributed by atoms with Crippen LogP contribution < -0.4 is 0 Å². The first kappa shape index (κ1) is 10.8. The third-order valence-corrected chi connectivity index (χ3v) is 2.41. The number of aromatic nitrogens is 1. The van der Waals surface area contributed by atoms with Crippen LogP contribution in [0.4, 0.5) is 0 Å². The van der Waals surface area contributed by atoms with E-state index in [1.165, 1.54) is 0 Å². The fraction of sp³-hybridized carbons (Fsp3) is 0. The van der Waals surface area contributed by atoms with Crippen molar-refractivity contribution in [3.05, 3.63) is 41.0 Å². The molecule has 1 aromatic carbocycles. The van der Waals surface area contributed by atoms with Crippen molar-refractivity contribution in [1.29, 1.82) is 0 Å². The van der Waals surface area contributed by atoms with E-state index in [9.17, 15) is 8.42 Å². The number of halogens is 1. The first-order valence-electron chi connectivity index (χ1n) is 3.78. The summed E-state index contributed by atoms with van der Waals surface area (Å²) in [5, 5.41) is 0.997. The van der Waals surface area contributed by atoms with Gasteiger partial charge in [0.1, 0.15) is 0 Å². The van der Waals surface area contributed by atoms with Gasteiger partial charge in [0, 0.05) is 5.52 Å². The molecule has 1 aromatic heterocycles. The van der Waals surface area contributed by atoms with Crippen LogP contribution in [0.1, 0.15) is 0 Å². The number of pyridine rings is 1. The molecule has 2 aromatic rings. The zero-order chi connectivity index (χ0) is 9.26. The van der Waals surface area contributed by atoms with Gasteiger partial charge in [0.05, 0.1) is 0 Å². The van der Waals surface area contributed by atoms with Crippen molar-refractivity contribution >= 4 is 33.6 Å². The molecule has 0 fully saturated rings. The van der Waals surface area contributed by atoms with Gasteiger partial charge in [0.2, 0.25) is 10.3 Å². The predicted octanol–water partition coefficient (Wildman–Crippen LogP) is 2.00. The van der Waals surface area contributed by atoms with Gasteiger partial charge in [-0.1, -0.05) is 18.2 Å². The Hall–Kier alpha value is -1.26. The predicted molar refractivity (Wildman–Crippen MR) is 57.7 cm³/mol. The maximum absolute atomic E-state index is 10.6. The van der Waals surface area contributed by atoms with Gasteiger partial charge in [-0.25, -0.2) is 0 Å². The van der Waals surface area contributed by atoms with E-state index in [0.717, 1.165) is 10.9 Å². The molecular formula is C9H8ClNO2S. The molecule has 0 spiro atoms. The van der Waals surface area contributed by atoms with Gasteiger partial charge in [0.25, 0.3) is 0 Å². The maximum Gasteiger partial charge on any atom is 0.238 e. The lowest BCUT2D eigenvalue weighted by molar-refractivity contribution is 0.624. The van der Waals surface area contributed by atoms with Gasteiger partial charge in [-0.2, -0.15) is 8.42 Å². The molecule has 5 heteroatoms. The van der Waals surface area contributed by atoms with E-state index in [0.29, 0.717) is 0 Å². The van der Waals surface area contributed by atoms with Crippen LogP contribution in [0.5, 0.6) is 0 Å². The van der Waals surface area contributed by atoms with Gasteiger partial charge in [0.15, 0.2) is 4.64 Å². The number of nitrogens with one attached hydrogen (secondary N) is 1. The fourth-order valence-electron chi connectivity index (χ4n) is 1.19. The monoisotopic (exact) mass is 229 g/mol. The first-order valence-corrected chi connectivity index (χ1v) is 4.85. The lowest BCUT2D eigenvalue weighted by atomic mass is 10.2. The SMILES string of the molecule is Cl.O=S(=O)=c1ccc2ccccc2[nH]1. The highest BCUT2D eigenvalue weighted by Crippen LogP contribution is 2.08. The number of hydrogen-bond donors (Lipinski definition) is 1. The molecule has 1 heterocycles.